The summed E-state index contributed by atoms with van der Waals surface area (Å²) in [4.78, 5) is 11.6. The first kappa shape index (κ1) is 9.89. The van der Waals surface area contributed by atoms with E-state index in [0.29, 0.717) is 12.2 Å². The van der Waals surface area contributed by atoms with Gasteiger partial charge in [0, 0.05) is 13.5 Å². The molecule has 1 aromatic rings. The Morgan fingerprint density at radius 3 is 2.54 bits per heavy atom. The Balaban J connectivity index is 2.76. The minimum Gasteiger partial charge on any atom is -0.314 e. The van der Waals surface area contributed by atoms with Crippen molar-refractivity contribution in [2.75, 3.05) is 0 Å². The van der Waals surface area contributed by atoms with Crippen molar-refractivity contribution in [2.45, 2.75) is 27.2 Å². The van der Waals surface area contributed by atoms with Crippen LogP contribution in [-0.4, -0.2) is 20.5 Å². The molecule has 13 heavy (non-hydrogen) atoms. The number of Topliss-reactive ketones (excluding diaryl/α,β-unsaturated/α-hetero) is 1. The van der Waals surface area contributed by atoms with E-state index in [1.165, 1.54) is 6.33 Å². The Morgan fingerprint density at radius 1 is 1.54 bits per heavy atom. The SMILES string of the molecule is Cn1cnnc1C(=O)CC(C)(C)C. The fourth-order valence-corrected chi connectivity index (χ4v) is 1.10. The fourth-order valence-electron chi connectivity index (χ4n) is 1.10. The lowest BCUT2D eigenvalue weighted by Gasteiger charge is -2.15. The zero-order valence-electron chi connectivity index (χ0n) is 8.53. The van der Waals surface area contributed by atoms with Crippen LogP contribution in [0.15, 0.2) is 6.33 Å². The average Bonchev–Trinajstić information content (AvgIpc) is 2.30. The number of carbonyl (C=O) groups excluding carboxylic acids is 1. The molecule has 0 spiro atoms. The quantitative estimate of drug-likeness (QED) is 0.648. The molecular formula is C9H15N3O. The highest BCUT2D eigenvalue weighted by Crippen LogP contribution is 2.20. The Morgan fingerprint density at radius 2 is 2.15 bits per heavy atom. The monoisotopic (exact) mass is 181 g/mol. The Hall–Kier alpha value is -1.19. The predicted octanol–water partition coefficient (Wildman–Crippen LogP) is 1.43. The second-order valence-electron chi connectivity index (χ2n) is 4.43. The average molecular weight is 181 g/mol. The van der Waals surface area contributed by atoms with Crippen molar-refractivity contribution in [2.24, 2.45) is 12.5 Å². The maximum atomic E-state index is 11.6. The summed E-state index contributed by atoms with van der Waals surface area (Å²) in [6, 6.07) is 0. The van der Waals surface area contributed by atoms with Gasteiger partial charge in [0.2, 0.25) is 5.78 Å². The van der Waals surface area contributed by atoms with Gasteiger partial charge in [-0.1, -0.05) is 20.8 Å². The van der Waals surface area contributed by atoms with E-state index in [1.807, 2.05) is 20.8 Å². The number of rotatable bonds is 2. The van der Waals surface area contributed by atoms with E-state index in [4.69, 9.17) is 0 Å². The molecule has 0 bridgehead atoms. The standard InChI is InChI=1S/C9H15N3O/c1-9(2,3)5-7(13)8-11-10-6-12(8)4/h6H,5H2,1-4H3. The summed E-state index contributed by atoms with van der Waals surface area (Å²) < 4.78 is 1.65. The topological polar surface area (TPSA) is 47.8 Å². The van der Waals surface area contributed by atoms with Gasteiger partial charge in [-0.3, -0.25) is 4.79 Å². The van der Waals surface area contributed by atoms with Gasteiger partial charge >= 0.3 is 0 Å². The Bertz CT molecular complexity index is 309. The predicted molar refractivity (Wildman–Crippen MR) is 49.4 cm³/mol. The van der Waals surface area contributed by atoms with E-state index in [9.17, 15) is 4.79 Å². The van der Waals surface area contributed by atoms with E-state index < -0.39 is 0 Å². The van der Waals surface area contributed by atoms with Crippen LogP contribution in [0.4, 0.5) is 0 Å². The molecule has 4 nitrogen and oxygen atoms in total. The van der Waals surface area contributed by atoms with Gasteiger partial charge < -0.3 is 4.57 Å². The van der Waals surface area contributed by atoms with Crippen molar-refractivity contribution in [3.05, 3.63) is 12.2 Å². The fraction of sp³-hybridized carbons (Fsp3) is 0.667. The Kier molecular flexibility index (Phi) is 2.50. The van der Waals surface area contributed by atoms with E-state index >= 15 is 0 Å². The molecule has 0 N–H and O–H groups in total. The van der Waals surface area contributed by atoms with Crippen molar-refractivity contribution in [1.29, 1.82) is 0 Å². The minimum atomic E-state index is 0.00301. The lowest BCUT2D eigenvalue weighted by atomic mass is 9.90. The molecule has 0 radical (unpaired) electrons. The van der Waals surface area contributed by atoms with Crippen LogP contribution in [0.25, 0.3) is 0 Å². The number of hydrogen-bond donors (Lipinski definition) is 0. The van der Waals surface area contributed by atoms with Crippen LogP contribution in [0.3, 0.4) is 0 Å². The Labute approximate surface area is 78.0 Å². The summed E-state index contributed by atoms with van der Waals surface area (Å²) in [6.45, 7) is 6.09. The van der Waals surface area contributed by atoms with Crippen LogP contribution in [0.5, 0.6) is 0 Å². The first-order valence-electron chi connectivity index (χ1n) is 4.27. The molecule has 0 aromatic carbocycles. The molecule has 0 aliphatic rings. The maximum Gasteiger partial charge on any atom is 0.200 e. The lowest BCUT2D eigenvalue weighted by Crippen LogP contribution is -2.16. The van der Waals surface area contributed by atoms with Gasteiger partial charge in [-0.25, -0.2) is 0 Å². The number of carbonyl (C=O) groups is 1. The first-order valence-corrected chi connectivity index (χ1v) is 4.27. The van der Waals surface area contributed by atoms with Gasteiger partial charge in [-0.2, -0.15) is 0 Å². The summed E-state index contributed by atoms with van der Waals surface area (Å²) >= 11 is 0. The molecule has 0 aliphatic heterocycles. The van der Waals surface area contributed by atoms with E-state index in [1.54, 1.807) is 11.6 Å². The number of ketones is 1. The summed E-state index contributed by atoms with van der Waals surface area (Å²) in [7, 11) is 1.77. The van der Waals surface area contributed by atoms with Gasteiger partial charge in [0.15, 0.2) is 5.82 Å². The molecule has 72 valence electrons. The molecule has 0 unspecified atom stereocenters. The molecule has 0 saturated carbocycles. The number of hydrogen-bond acceptors (Lipinski definition) is 3. The highest BCUT2D eigenvalue weighted by atomic mass is 16.1. The number of nitrogens with zero attached hydrogens (tertiary/aromatic N) is 3. The third-order valence-corrected chi connectivity index (χ3v) is 1.65. The molecule has 0 fully saturated rings. The van der Waals surface area contributed by atoms with Gasteiger partial charge in [0.1, 0.15) is 6.33 Å². The third-order valence-electron chi connectivity index (χ3n) is 1.65. The second-order valence-corrected chi connectivity index (χ2v) is 4.43. The lowest BCUT2D eigenvalue weighted by molar-refractivity contribution is 0.0926. The highest BCUT2D eigenvalue weighted by Gasteiger charge is 2.20. The molecule has 4 heteroatoms. The molecule has 1 aromatic heterocycles. The van der Waals surface area contributed by atoms with Crippen molar-refractivity contribution in [3.63, 3.8) is 0 Å². The minimum absolute atomic E-state index is 0.00301. The zero-order chi connectivity index (χ0) is 10.1. The molecule has 1 rings (SSSR count). The van der Waals surface area contributed by atoms with Crippen molar-refractivity contribution < 1.29 is 4.79 Å². The van der Waals surface area contributed by atoms with Crippen LogP contribution in [0.1, 0.15) is 37.8 Å². The third kappa shape index (κ3) is 2.65. The first-order chi connectivity index (χ1) is 5.90. The van der Waals surface area contributed by atoms with Gasteiger partial charge in [-0.15, -0.1) is 10.2 Å². The van der Waals surface area contributed by atoms with Crippen LogP contribution < -0.4 is 0 Å². The normalized spacial score (nSPS) is 11.7. The summed E-state index contributed by atoms with van der Waals surface area (Å²) in [5.41, 5.74) is 0.00301. The smallest absolute Gasteiger partial charge is 0.200 e. The van der Waals surface area contributed by atoms with Crippen LogP contribution in [0, 0.1) is 5.41 Å². The van der Waals surface area contributed by atoms with E-state index in [2.05, 4.69) is 10.2 Å². The number of aryl methyl sites for hydroxylation is 1. The highest BCUT2D eigenvalue weighted by molar-refractivity contribution is 5.92. The molecule has 0 aliphatic carbocycles. The summed E-state index contributed by atoms with van der Waals surface area (Å²) in [5.74, 6) is 0.488. The number of aromatic nitrogens is 3. The maximum absolute atomic E-state index is 11.6. The van der Waals surface area contributed by atoms with Crippen molar-refractivity contribution in [3.8, 4) is 0 Å². The van der Waals surface area contributed by atoms with Crippen LogP contribution in [0.2, 0.25) is 0 Å². The molecule has 0 saturated heterocycles. The molecular weight excluding hydrogens is 166 g/mol. The zero-order valence-corrected chi connectivity index (χ0v) is 8.53. The largest absolute Gasteiger partial charge is 0.314 e. The van der Waals surface area contributed by atoms with Crippen LogP contribution >= 0.6 is 0 Å². The molecule has 0 amide bonds. The van der Waals surface area contributed by atoms with Gasteiger partial charge in [-0.05, 0) is 5.41 Å². The van der Waals surface area contributed by atoms with E-state index in [0.717, 1.165) is 0 Å². The van der Waals surface area contributed by atoms with Gasteiger partial charge in [0.05, 0.1) is 0 Å². The van der Waals surface area contributed by atoms with Crippen LogP contribution in [-0.2, 0) is 7.05 Å². The van der Waals surface area contributed by atoms with Gasteiger partial charge in [0.25, 0.3) is 0 Å². The van der Waals surface area contributed by atoms with E-state index in [-0.39, 0.29) is 11.2 Å². The van der Waals surface area contributed by atoms with Crippen molar-refractivity contribution >= 4 is 5.78 Å². The molecule has 0 atom stereocenters. The second kappa shape index (κ2) is 3.28. The van der Waals surface area contributed by atoms with Crippen molar-refractivity contribution in [1.82, 2.24) is 14.8 Å². The summed E-state index contributed by atoms with van der Waals surface area (Å²) in [6.07, 6.45) is 2.04. The summed E-state index contributed by atoms with van der Waals surface area (Å²) in [5, 5.41) is 7.43. The molecule has 1 heterocycles.